The van der Waals surface area contributed by atoms with Crippen molar-refractivity contribution in [2.45, 2.75) is 19.4 Å². The van der Waals surface area contributed by atoms with Crippen molar-refractivity contribution in [3.8, 4) is 5.75 Å². The van der Waals surface area contributed by atoms with Crippen LogP contribution in [-0.4, -0.2) is 28.9 Å². The van der Waals surface area contributed by atoms with Gasteiger partial charge in [-0.15, -0.1) is 0 Å². The molecule has 0 aliphatic heterocycles. The van der Waals surface area contributed by atoms with Crippen molar-refractivity contribution in [1.82, 2.24) is 5.32 Å². The first-order valence-corrected chi connectivity index (χ1v) is 5.14. The van der Waals surface area contributed by atoms with Crippen molar-refractivity contribution < 1.29 is 15.0 Å². The van der Waals surface area contributed by atoms with E-state index >= 15 is 0 Å². The number of hydrogen-bond donors (Lipinski definition) is 4. The van der Waals surface area contributed by atoms with Gasteiger partial charge in [-0.25, -0.2) is 4.79 Å². The average Bonchev–Trinajstić information content (AvgIpc) is 2.26. The maximum absolute atomic E-state index is 10.4. The average molecular weight is 224 g/mol. The number of nitrogens with one attached hydrogen (secondary N) is 2. The molecule has 1 atom stereocenters. The Kier molecular flexibility index (Phi) is 4.44. The highest BCUT2D eigenvalue weighted by molar-refractivity contribution is 5.64. The SMILES string of the molecule is CCC(CNC(=O)O)Nc1ccccc1O. The van der Waals surface area contributed by atoms with E-state index in [2.05, 4.69) is 10.6 Å². The fourth-order valence-electron chi connectivity index (χ4n) is 1.32. The Labute approximate surface area is 94.1 Å². The van der Waals surface area contributed by atoms with E-state index in [1.165, 1.54) is 0 Å². The zero-order valence-electron chi connectivity index (χ0n) is 9.10. The third-order valence-corrected chi connectivity index (χ3v) is 2.26. The molecule has 1 aromatic rings. The van der Waals surface area contributed by atoms with Crippen molar-refractivity contribution in [1.29, 1.82) is 0 Å². The number of rotatable bonds is 5. The second-order valence-electron chi connectivity index (χ2n) is 3.45. The van der Waals surface area contributed by atoms with Gasteiger partial charge in [0.05, 0.1) is 5.69 Å². The third-order valence-electron chi connectivity index (χ3n) is 2.26. The molecule has 16 heavy (non-hydrogen) atoms. The van der Waals surface area contributed by atoms with Gasteiger partial charge in [0.15, 0.2) is 0 Å². The van der Waals surface area contributed by atoms with E-state index < -0.39 is 6.09 Å². The minimum atomic E-state index is -1.04. The Morgan fingerprint density at radius 1 is 1.44 bits per heavy atom. The smallest absolute Gasteiger partial charge is 0.404 e. The van der Waals surface area contributed by atoms with Crippen LogP contribution in [0.4, 0.5) is 10.5 Å². The molecule has 0 aromatic heterocycles. The second-order valence-corrected chi connectivity index (χ2v) is 3.45. The van der Waals surface area contributed by atoms with Crippen molar-refractivity contribution in [3.63, 3.8) is 0 Å². The normalized spacial score (nSPS) is 11.8. The number of phenolic OH excluding ortho intramolecular Hbond substituents is 1. The molecule has 0 fully saturated rings. The van der Waals surface area contributed by atoms with E-state index in [1.54, 1.807) is 24.3 Å². The van der Waals surface area contributed by atoms with Crippen LogP contribution in [0.15, 0.2) is 24.3 Å². The van der Waals surface area contributed by atoms with Crippen LogP contribution < -0.4 is 10.6 Å². The van der Waals surface area contributed by atoms with Crippen LogP contribution in [0.2, 0.25) is 0 Å². The summed E-state index contributed by atoms with van der Waals surface area (Å²) in [7, 11) is 0. The highest BCUT2D eigenvalue weighted by atomic mass is 16.4. The van der Waals surface area contributed by atoms with Crippen LogP contribution in [0.1, 0.15) is 13.3 Å². The van der Waals surface area contributed by atoms with Gasteiger partial charge in [-0.3, -0.25) is 0 Å². The molecule has 0 radical (unpaired) electrons. The summed E-state index contributed by atoms with van der Waals surface area (Å²) >= 11 is 0. The molecular formula is C11H16N2O3. The lowest BCUT2D eigenvalue weighted by atomic mass is 10.2. The highest BCUT2D eigenvalue weighted by Crippen LogP contribution is 2.22. The Morgan fingerprint density at radius 3 is 2.69 bits per heavy atom. The van der Waals surface area contributed by atoms with E-state index in [-0.39, 0.29) is 11.8 Å². The molecule has 1 rings (SSSR count). The molecule has 1 amide bonds. The molecule has 0 aliphatic carbocycles. The Morgan fingerprint density at radius 2 is 2.12 bits per heavy atom. The lowest BCUT2D eigenvalue weighted by Crippen LogP contribution is -2.35. The Hall–Kier alpha value is -1.91. The molecule has 0 spiro atoms. The zero-order valence-corrected chi connectivity index (χ0v) is 9.10. The second kappa shape index (κ2) is 5.85. The molecule has 5 nitrogen and oxygen atoms in total. The van der Waals surface area contributed by atoms with E-state index in [0.717, 1.165) is 6.42 Å². The summed E-state index contributed by atoms with van der Waals surface area (Å²) in [4.78, 5) is 10.4. The van der Waals surface area contributed by atoms with Gasteiger partial charge in [-0.05, 0) is 18.6 Å². The maximum atomic E-state index is 10.4. The van der Waals surface area contributed by atoms with Crippen molar-refractivity contribution in [2.24, 2.45) is 0 Å². The van der Waals surface area contributed by atoms with E-state index in [0.29, 0.717) is 12.2 Å². The molecule has 0 aliphatic rings. The Balaban J connectivity index is 2.56. The molecule has 4 N–H and O–H groups in total. The summed E-state index contributed by atoms with van der Waals surface area (Å²) in [5, 5.41) is 23.4. The van der Waals surface area contributed by atoms with Gasteiger partial charge in [-0.2, -0.15) is 0 Å². The van der Waals surface area contributed by atoms with Crippen molar-refractivity contribution in [2.75, 3.05) is 11.9 Å². The lowest BCUT2D eigenvalue weighted by Gasteiger charge is -2.18. The first-order valence-electron chi connectivity index (χ1n) is 5.14. The van der Waals surface area contributed by atoms with Crippen molar-refractivity contribution >= 4 is 11.8 Å². The van der Waals surface area contributed by atoms with Crippen LogP contribution in [-0.2, 0) is 0 Å². The molecule has 1 aromatic carbocycles. The summed E-state index contributed by atoms with van der Waals surface area (Å²) < 4.78 is 0. The fourth-order valence-corrected chi connectivity index (χ4v) is 1.32. The van der Waals surface area contributed by atoms with Gasteiger partial charge in [0.25, 0.3) is 0 Å². The third kappa shape index (κ3) is 3.68. The van der Waals surface area contributed by atoms with Gasteiger partial charge in [-0.1, -0.05) is 19.1 Å². The first-order chi connectivity index (χ1) is 7.63. The van der Waals surface area contributed by atoms with Crippen molar-refractivity contribution in [3.05, 3.63) is 24.3 Å². The zero-order chi connectivity index (χ0) is 12.0. The van der Waals surface area contributed by atoms with Crippen LogP contribution in [0, 0.1) is 0 Å². The largest absolute Gasteiger partial charge is 0.506 e. The molecule has 0 heterocycles. The quantitative estimate of drug-likeness (QED) is 0.575. The number of para-hydroxylation sites is 2. The molecule has 1 unspecified atom stereocenters. The van der Waals surface area contributed by atoms with Gasteiger partial charge in [0.1, 0.15) is 5.75 Å². The summed E-state index contributed by atoms with van der Waals surface area (Å²) in [6, 6.07) is 6.83. The first kappa shape index (κ1) is 12.2. The van der Waals surface area contributed by atoms with Gasteiger partial charge < -0.3 is 20.8 Å². The number of benzene rings is 1. The number of aromatic hydroxyl groups is 1. The predicted molar refractivity (Wildman–Crippen MR) is 61.8 cm³/mol. The standard InChI is InChI=1S/C11H16N2O3/c1-2-8(7-12-11(15)16)13-9-5-3-4-6-10(9)14/h3-6,8,12-14H,2,7H2,1H3,(H,15,16). The summed E-state index contributed by atoms with van der Waals surface area (Å²) in [6.07, 6.45) is -0.285. The summed E-state index contributed by atoms with van der Waals surface area (Å²) in [5.41, 5.74) is 0.613. The number of carboxylic acid groups (broad SMARTS) is 1. The topological polar surface area (TPSA) is 81.6 Å². The van der Waals surface area contributed by atoms with Crippen LogP contribution in [0.5, 0.6) is 5.75 Å². The van der Waals surface area contributed by atoms with Crippen LogP contribution in [0.25, 0.3) is 0 Å². The monoisotopic (exact) mass is 224 g/mol. The highest BCUT2D eigenvalue weighted by Gasteiger charge is 2.09. The van der Waals surface area contributed by atoms with Gasteiger partial charge in [0, 0.05) is 12.6 Å². The molecule has 88 valence electrons. The number of hydrogen-bond acceptors (Lipinski definition) is 3. The number of anilines is 1. The van der Waals surface area contributed by atoms with Crippen LogP contribution >= 0.6 is 0 Å². The molecule has 0 bridgehead atoms. The van der Waals surface area contributed by atoms with Gasteiger partial charge in [0.2, 0.25) is 0 Å². The minimum Gasteiger partial charge on any atom is -0.506 e. The summed E-state index contributed by atoms with van der Waals surface area (Å²) in [5.74, 6) is 0.163. The Bertz CT molecular complexity index is 355. The number of carbonyl (C=O) groups is 1. The number of amides is 1. The molecule has 0 saturated carbocycles. The van der Waals surface area contributed by atoms with Gasteiger partial charge >= 0.3 is 6.09 Å². The predicted octanol–water partition coefficient (Wildman–Crippen LogP) is 1.85. The minimum absolute atomic E-state index is 0.0376. The fraction of sp³-hybridized carbons (Fsp3) is 0.364. The van der Waals surface area contributed by atoms with E-state index in [4.69, 9.17) is 5.11 Å². The van der Waals surface area contributed by atoms with E-state index in [1.807, 2.05) is 6.92 Å². The van der Waals surface area contributed by atoms with Crippen LogP contribution in [0.3, 0.4) is 0 Å². The summed E-state index contributed by atoms with van der Waals surface area (Å²) in [6.45, 7) is 2.25. The lowest BCUT2D eigenvalue weighted by molar-refractivity contribution is 0.194. The molecular weight excluding hydrogens is 208 g/mol. The van der Waals surface area contributed by atoms with E-state index in [9.17, 15) is 9.90 Å². The maximum Gasteiger partial charge on any atom is 0.404 e. The molecule has 0 saturated heterocycles. The number of phenols is 1. The molecule has 5 heteroatoms.